The lowest BCUT2D eigenvalue weighted by Gasteiger charge is -2.21. The lowest BCUT2D eigenvalue weighted by atomic mass is 10.1. The van der Waals surface area contributed by atoms with Gasteiger partial charge in [-0.15, -0.1) is 0 Å². The van der Waals surface area contributed by atoms with Gasteiger partial charge < -0.3 is 14.8 Å². The summed E-state index contributed by atoms with van der Waals surface area (Å²) < 4.78 is 1.43. The van der Waals surface area contributed by atoms with Gasteiger partial charge in [0.05, 0.1) is 5.69 Å². The summed E-state index contributed by atoms with van der Waals surface area (Å²) in [6.07, 6.45) is 1.60. The van der Waals surface area contributed by atoms with E-state index in [1.807, 2.05) is 24.3 Å². The molecule has 0 radical (unpaired) electrons. The summed E-state index contributed by atoms with van der Waals surface area (Å²) in [7, 11) is 1.65. The van der Waals surface area contributed by atoms with Gasteiger partial charge in [0.25, 0.3) is 5.91 Å². The summed E-state index contributed by atoms with van der Waals surface area (Å²) in [4.78, 5) is 25.8. The van der Waals surface area contributed by atoms with Crippen molar-refractivity contribution >= 4 is 17.3 Å². The summed E-state index contributed by atoms with van der Waals surface area (Å²) in [5.41, 5.74) is 2.18. The highest BCUT2D eigenvalue weighted by molar-refractivity contribution is 6.04. The van der Waals surface area contributed by atoms with Crippen LogP contribution in [0.5, 0.6) is 0 Å². The number of amides is 1. The quantitative estimate of drug-likeness (QED) is 0.923. The molecular weight excluding hydrogens is 278 g/mol. The average molecular weight is 299 g/mol. The lowest BCUT2D eigenvalue weighted by molar-refractivity contribution is 0.102. The summed E-state index contributed by atoms with van der Waals surface area (Å²) >= 11 is 0. The molecule has 2 aromatic rings. The van der Waals surface area contributed by atoms with Crippen LogP contribution < -0.4 is 15.8 Å². The van der Waals surface area contributed by atoms with Crippen molar-refractivity contribution in [2.45, 2.75) is 13.8 Å². The van der Waals surface area contributed by atoms with Crippen molar-refractivity contribution in [3.8, 4) is 0 Å². The van der Waals surface area contributed by atoms with Gasteiger partial charge in [-0.3, -0.25) is 9.59 Å². The first-order valence-electron chi connectivity index (χ1n) is 7.38. The summed E-state index contributed by atoms with van der Waals surface area (Å²) in [6.45, 7) is 6.06. The van der Waals surface area contributed by atoms with Crippen LogP contribution in [0.1, 0.15) is 24.2 Å². The minimum absolute atomic E-state index is 0.110. The van der Waals surface area contributed by atoms with Crippen molar-refractivity contribution in [1.29, 1.82) is 0 Å². The van der Waals surface area contributed by atoms with E-state index in [1.165, 1.54) is 10.6 Å². The van der Waals surface area contributed by atoms with Crippen LogP contribution in [0.4, 0.5) is 11.4 Å². The maximum Gasteiger partial charge on any atom is 0.255 e. The topological polar surface area (TPSA) is 54.3 Å². The van der Waals surface area contributed by atoms with E-state index in [2.05, 4.69) is 24.1 Å². The predicted octanol–water partition coefficient (Wildman–Crippen LogP) is 2.48. The maximum absolute atomic E-state index is 12.2. The number of benzene rings is 1. The molecule has 0 aliphatic rings. The molecule has 0 saturated carbocycles. The number of rotatable bonds is 5. The molecule has 116 valence electrons. The zero-order valence-corrected chi connectivity index (χ0v) is 13.2. The molecule has 1 aromatic heterocycles. The van der Waals surface area contributed by atoms with Crippen LogP contribution >= 0.6 is 0 Å². The average Bonchev–Trinajstić information content (AvgIpc) is 2.53. The normalized spacial score (nSPS) is 10.3. The number of carbonyl (C=O) groups excluding carboxylic acids is 1. The number of nitrogens with one attached hydrogen (secondary N) is 1. The van der Waals surface area contributed by atoms with E-state index < -0.39 is 0 Å². The van der Waals surface area contributed by atoms with E-state index in [9.17, 15) is 9.59 Å². The van der Waals surface area contributed by atoms with Crippen LogP contribution in [0.3, 0.4) is 0 Å². The Kier molecular flexibility index (Phi) is 4.99. The van der Waals surface area contributed by atoms with Crippen LogP contribution in [0.25, 0.3) is 0 Å². The molecule has 2 rings (SSSR count). The zero-order valence-electron chi connectivity index (χ0n) is 13.2. The Bertz CT molecular complexity index is 701. The minimum atomic E-state index is -0.190. The van der Waals surface area contributed by atoms with Crippen LogP contribution in [-0.4, -0.2) is 23.6 Å². The predicted molar refractivity (Wildman–Crippen MR) is 89.6 cm³/mol. The minimum Gasteiger partial charge on any atom is -0.372 e. The van der Waals surface area contributed by atoms with Gasteiger partial charge in [0, 0.05) is 43.7 Å². The fourth-order valence-corrected chi connectivity index (χ4v) is 2.28. The molecule has 0 saturated heterocycles. The molecule has 22 heavy (non-hydrogen) atoms. The van der Waals surface area contributed by atoms with E-state index in [4.69, 9.17) is 0 Å². The SMILES string of the molecule is CCN(CC)c1ccc(C(=O)Nc2ccc(=O)n(C)c2)cc1. The van der Waals surface area contributed by atoms with Gasteiger partial charge in [-0.2, -0.15) is 0 Å². The van der Waals surface area contributed by atoms with Crippen molar-refractivity contribution in [1.82, 2.24) is 4.57 Å². The summed E-state index contributed by atoms with van der Waals surface area (Å²) in [5.74, 6) is -0.190. The standard InChI is InChI=1S/C17H21N3O2/c1-4-20(5-2)15-9-6-13(7-10-15)17(22)18-14-8-11-16(21)19(3)12-14/h6-12H,4-5H2,1-3H3,(H,18,22). The van der Waals surface area contributed by atoms with Gasteiger partial charge in [-0.25, -0.2) is 0 Å². The van der Waals surface area contributed by atoms with Crippen molar-refractivity contribution in [3.05, 3.63) is 58.5 Å². The Labute approximate surface area is 130 Å². The first-order valence-corrected chi connectivity index (χ1v) is 7.38. The Morgan fingerprint density at radius 3 is 2.27 bits per heavy atom. The molecule has 0 spiro atoms. The summed E-state index contributed by atoms with van der Waals surface area (Å²) in [6, 6.07) is 10.5. The molecule has 5 nitrogen and oxygen atoms in total. The second-order valence-electron chi connectivity index (χ2n) is 5.04. The smallest absolute Gasteiger partial charge is 0.255 e. The highest BCUT2D eigenvalue weighted by Crippen LogP contribution is 2.16. The number of hydrogen-bond donors (Lipinski definition) is 1. The van der Waals surface area contributed by atoms with E-state index >= 15 is 0 Å². The highest BCUT2D eigenvalue weighted by atomic mass is 16.1. The van der Waals surface area contributed by atoms with Gasteiger partial charge in [-0.05, 0) is 44.2 Å². The first kappa shape index (κ1) is 15.8. The van der Waals surface area contributed by atoms with Gasteiger partial charge >= 0.3 is 0 Å². The van der Waals surface area contributed by atoms with Crippen LogP contribution in [-0.2, 0) is 7.05 Å². The molecule has 1 N–H and O–H groups in total. The Hall–Kier alpha value is -2.56. The number of carbonyl (C=O) groups is 1. The van der Waals surface area contributed by atoms with Gasteiger partial charge in [0.2, 0.25) is 5.56 Å². The van der Waals surface area contributed by atoms with Crippen molar-refractivity contribution in [2.75, 3.05) is 23.3 Å². The largest absolute Gasteiger partial charge is 0.372 e. The van der Waals surface area contributed by atoms with Crippen molar-refractivity contribution in [2.24, 2.45) is 7.05 Å². The molecule has 0 fully saturated rings. The van der Waals surface area contributed by atoms with Crippen molar-refractivity contribution < 1.29 is 4.79 Å². The van der Waals surface area contributed by atoms with Gasteiger partial charge in [-0.1, -0.05) is 0 Å². The molecule has 5 heteroatoms. The van der Waals surface area contributed by atoms with Gasteiger partial charge in [0.1, 0.15) is 0 Å². The number of aromatic nitrogens is 1. The molecule has 0 aliphatic carbocycles. The fraction of sp³-hybridized carbons (Fsp3) is 0.294. The molecule has 0 aliphatic heterocycles. The number of nitrogens with zero attached hydrogens (tertiary/aromatic N) is 2. The monoisotopic (exact) mass is 299 g/mol. The highest BCUT2D eigenvalue weighted by Gasteiger charge is 2.08. The fourth-order valence-electron chi connectivity index (χ4n) is 2.28. The lowest BCUT2D eigenvalue weighted by Crippen LogP contribution is -2.22. The van der Waals surface area contributed by atoms with Crippen LogP contribution in [0, 0.1) is 0 Å². The third-order valence-electron chi connectivity index (χ3n) is 3.60. The first-order chi connectivity index (χ1) is 10.5. The van der Waals surface area contributed by atoms with Crippen LogP contribution in [0.2, 0.25) is 0 Å². The molecular formula is C17H21N3O2. The number of pyridine rings is 1. The Balaban J connectivity index is 2.12. The Morgan fingerprint density at radius 2 is 1.73 bits per heavy atom. The molecule has 1 heterocycles. The maximum atomic E-state index is 12.2. The van der Waals surface area contributed by atoms with Crippen molar-refractivity contribution in [3.63, 3.8) is 0 Å². The van der Waals surface area contributed by atoms with E-state index in [0.717, 1.165) is 18.8 Å². The molecule has 0 bridgehead atoms. The van der Waals surface area contributed by atoms with E-state index in [1.54, 1.807) is 19.3 Å². The molecule has 1 amide bonds. The second-order valence-corrected chi connectivity index (χ2v) is 5.04. The van der Waals surface area contributed by atoms with E-state index in [0.29, 0.717) is 11.3 Å². The number of aryl methyl sites for hydroxylation is 1. The van der Waals surface area contributed by atoms with E-state index in [-0.39, 0.29) is 11.5 Å². The number of anilines is 2. The van der Waals surface area contributed by atoms with Crippen LogP contribution in [0.15, 0.2) is 47.4 Å². The Morgan fingerprint density at radius 1 is 1.09 bits per heavy atom. The summed E-state index contributed by atoms with van der Waals surface area (Å²) in [5, 5.41) is 2.79. The second kappa shape index (κ2) is 6.93. The number of hydrogen-bond acceptors (Lipinski definition) is 3. The third kappa shape index (κ3) is 3.55. The zero-order chi connectivity index (χ0) is 16.1. The molecule has 0 atom stereocenters. The molecule has 1 aromatic carbocycles. The van der Waals surface area contributed by atoms with Gasteiger partial charge in [0.15, 0.2) is 0 Å². The molecule has 0 unspecified atom stereocenters. The third-order valence-corrected chi connectivity index (χ3v) is 3.60.